The molecule has 0 fully saturated rings. The number of benzene rings is 1. The van der Waals surface area contributed by atoms with Gasteiger partial charge in [-0.15, -0.1) is 0 Å². The molecule has 0 radical (unpaired) electrons. The van der Waals surface area contributed by atoms with Gasteiger partial charge >= 0.3 is 5.97 Å². The Morgan fingerprint density at radius 3 is 2.39 bits per heavy atom. The Kier molecular flexibility index (Phi) is 10.0. The van der Waals surface area contributed by atoms with Crippen LogP contribution in [0.2, 0.25) is 0 Å². The van der Waals surface area contributed by atoms with Crippen molar-refractivity contribution in [3.63, 3.8) is 0 Å². The number of carbonyl (C=O) groups is 1. The van der Waals surface area contributed by atoms with Crippen LogP contribution in [0.25, 0.3) is 0 Å². The summed E-state index contributed by atoms with van der Waals surface area (Å²) in [4.78, 5) is 10.5. The predicted octanol–water partition coefficient (Wildman–Crippen LogP) is 1.89. The van der Waals surface area contributed by atoms with Gasteiger partial charge in [-0.25, -0.2) is 4.79 Å². The van der Waals surface area contributed by atoms with Gasteiger partial charge < -0.3 is 24.4 Å². The molecule has 1 rings (SSSR count). The molecule has 23 heavy (non-hydrogen) atoms. The Balaban J connectivity index is 2.14. The predicted molar refractivity (Wildman–Crippen MR) is 85.8 cm³/mol. The molecule has 0 unspecified atom stereocenters. The number of aliphatic carboxylic acids is 1. The Morgan fingerprint density at radius 1 is 1.09 bits per heavy atom. The summed E-state index contributed by atoms with van der Waals surface area (Å²) >= 11 is 0. The SMILES string of the molecule is CCOCCOCCOc1ccc(CCC[C@H](O)C(=O)O)cc1. The zero-order chi connectivity index (χ0) is 16.9. The third kappa shape index (κ3) is 9.18. The van der Waals surface area contributed by atoms with Gasteiger partial charge in [-0.05, 0) is 43.9 Å². The molecule has 6 nitrogen and oxygen atoms in total. The number of hydrogen-bond donors (Lipinski definition) is 2. The van der Waals surface area contributed by atoms with Crippen LogP contribution in [-0.2, 0) is 20.7 Å². The van der Waals surface area contributed by atoms with Gasteiger partial charge in [-0.1, -0.05) is 12.1 Å². The van der Waals surface area contributed by atoms with Crippen LogP contribution in [0.1, 0.15) is 25.3 Å². The van der Waals surface area contributed by atoms with E-state index in [-0.39, 0.29) is 6.42 Å². The molecular formula is C17H26O6. The van der Waals surface area contributed by atoms with Gasteiger partial charge in [0.05, 0.1) is 19.8 Å². The Bertz CT molecular complexity index is 431. The van der Waals surface area contributed by atoms with E-state index in [1.807, 2.05) is 31.2 Å². The third-order valence-corrected chi connectivity index (χ3v) is 3.22. The summed E-state index contributed by atoms with van der Waals surface area (Å²) < 4.78 is 16.1. The van der Waals surface area contributed by atoms with Crippen LogP contribution in [-0.4, -0.2) is 55.3 Å². The van der Waals surface area contributed by atoms with Gasteiger partial charge in [0.15, 0.2) is 6.10 Å². The largest absolute Gasteiger partial charge is 0.491 e. The zero-order valence-electron chi connectivity index (χ0n) is 13.6. The van der Waals surface area contributed by atoms with E-state index in [2.05, 4.69) is 0 Å². The fraction of sp³-hybridized carbons (Fsp3) is 0.588. The molecule has 0 aliphatic carbocycles. The molecule has 0 aliphatic rings. The summed E-state index contributed by atoms with van der Waals surface area (Å²) in [7, 11) is 0. The van der Waals surface area contributed by atoms with Crippen molar-refractivity contribution in [1.82, 2.24) is 0 Å². The van der Waals surface area contributed by atoms with E-state index in [0.29, 0.717) is 39.5 Å². The van der Waals surface area contributed by atoms with E-state index in [9.17, 15) is 9.90 Å². The molecule has 1 aromatic rings. The normalized spacial score (nSPS) is 12.1. The second kappa shape index (κ2) is 11.9. The minimum absolute atomic E-state index is 0.257. The van der Waals surface area contributed by atoms with Crippen LogP contribution in [0.5, 0.6) is 5.75 Å². The molecule has 1 aromatic carbocycles. The first kappa shape index (κ1) is 19.4. The molecule has 1 atom stereocenters. The van der Waals surface area contributed by atoms with Crippen molar-refractivity contribution in [3.8, 4) is 5.75 Å². The maximum absolute atomic E-state index is 10.5. The monoisotopic (exact) mass is 326 g/mol. The number of carboxylic acid groups (broad SMARTS) is 1. The fourth-order valence-corrected chi connectivity index (χ4v) is 1.96. The maximum atomic E-state index is 10.5. The molecular weight excluding hydrogens is 300 g/mol. The van der Waals surface area contributed by atoms with E-state index in [4.69, 9.17) is 19.3 Å². The van der Waals surface area contributed by atoms with Crippen LogP contribution < -0.4 is 4.74 Å². The first-order chi connectivity index (χ1) is 11.1. The summed E-state index contributed by atoms with van der Waals surface area (Å²) in [6.45, 7) is 4.81. The number of carboxylic acids is 1. The number of hydrogen-bond acceptors (Lipinski definition) is 5. The lowest BCUT2D eigenvalue weighted by atomic mass is 10.1. The zero-order valence-corrected chi connectivity index (χ0v) is 13.6. The van der Waals surface area contributed by atoms with Crippen molar-refractivity contribution in [2.24, 2.45) is 0 Å². The van der Waals surface area contributed by atoms with Gasteiger partial charge in [0, 0.05) is 6.61 Å². The van der Waals surface area contributed by atoms with E-state index >= 15 is 0 Å². The number of rotatable bonds is 13. The van der Waals surface area contributed by atoms with Crippen LogP contribution in [0.3, 0.4) is 0 Å². The molecule has 0 heterocycles. The lowest BCUT2D eigenvalue weighted by molar-refractivity contribution is -0.146. The first-order valence-corrected chi connectivity index (χ1v) is 7.91. The van der Waals surface area contributed by atoms with Crippen molar-refractivity contribution < 1.29 is 29.2 Å². The molecule has 6 heteroatoms. The highest BCUT2D eigenvalue weighted by Crippen LogP contribution is 2.14. The van der Waals surface area contributed by atoms with Gasteiger partial charge in [0.2, 0.25) is 0 Å². The highest BCUT2D eigenvalue weighted by Gasteiger charge is 2.11. The number of ether oxygens (including phenoxy) is 3. The summed E-state index contributed by atoms with van der Waals surface area (Å²) in [5.74, 6) is -0.398. The molecule has 130 valence electrons. The number of aliphatic hydroxyl groups is 1. The molecule has 0 saturated heterocycles. The summed E-state index contributed by atoms with van der Waals surface area (Å²) in [6.07, 6.45) is 0.333. The van der Waals surface area contributed by atoms with E-state index in [1.54, 1.807) is 0 Å². The highest BCUT2D eigenvalue weighted by atomic mass is 16.5. The fourth-order valence-electron chi connectivity index (χ4n) is 1.96. The summed E-state index contributed by atoms with van der Waals surface area (Å²) in [6, 6.07) is 7.64. The van der Waals surface area contributed by atoms with Crippen molar-refractivity contribution in [1.29, 1.82) is 0 Å². The second-order valence-electron chi connectivity index (χ2n) is 5.05. The van der Waals surface area contributed by atoms with Crippen molar-refractivity contribution >= 4 is 5.97 Å². The van der Waals surface area contributed by atoms with Crippen molar-refractivity contribution in [2.45, 2.75) is 32.3 Å². The second-order valence-corrected chi connectivity index (χ2v) is 5.05. The Hall–Kier alpha value is -1.63. The smallest absolute Gasteiger partial charge is 0.332 e. The molecule has 0 aliphatic heterocycles. The van der Waals surface area contributed by atoms with Crippen LogP contribution in [0.15, 0.2) is 24.3 Å². The Labute approximate surface area is 137 Å². The van der Waals surface area contributed by atoms with E-state index < -0.39 is 12.1 Å². The number of aryl methyl sites for hydroxylation is 1. The third-order valence-electron chi connectivity index (χ3n) is 3.22. The summed E-state index contributed by atoms with van der Waals surface area (Å²) in [5.41, 5.74) is 1.09. The Morgan fingerprint density at radius 2 is 1.74 bits per heavy atom. The summed E-state index contributed by atoms with van der Waals surface area (Å²) in [5, 5.41) is 17.8. The van der Waals surface area contributed by atoms with E-state index in [1.165, 1.54) is 0 Å². The van der Waals surface area contributed by atoms with Crippen molar-refractivity contribution in [2.75, 3.05) is 33.0 Å². The van der Waals surface area contributed by atoms with Crippen molar-refractivity contribution in [3.05, 3.63) is 29.8 Å². The molecule has 0 aromatic heterocycles. The average Bonchev–Trinajstić information content (AvgIpc) is 2.55. The van der Waals surface area contributed by atoms with Crippen LogP contribution in [0.4, 0.5) is 0 Å². The number of aliphatic hydroxyl groups excluding tert-OH is 1. The first-order valence-electron chi connectivity index (χ1n) is 7.91. The quantitative estimate of drug-likeness (QED) is 0.538. The molecule has 2 N–H and O–H groups in total. The maximum Gasteiger partial charge on any atom is 0.332 e. The highest BCUT2D eigenvalue weighted by molar-refractivity contribution is 5.71. The lowest BCUT2D eigenvalue weighted by Gasteiger charge is -2.09. The van der Waals surface area contributed by atoms with Gasteiger partial charge in [-0.3, -0.25) is 0 Å². The minimum atomic E-state index is -1.28. The van der Waals surface area contributed by atoms with Crippen LogP contribution >= 0.6 is 0 Å². The molecule has 0 amide bonds. The standard InChI is InChI=1S/C17H26O6/c1-2-21-10-11-22-12-13-23-15-8-6-14(7-9-15)4-3-5-16(18)17(19)20/h6-9,16,18H,2-5,10-13H2,1H3,(H,19,20)/t16-/m0/s1. The molecule has 0 bridgehead atoms. The van der Waals surface area contributed by atoms with E-state index in [0.717, 1.165) is 17.7 Å². The average molecular weight is 326 g/mol. The lowest BCUT2D eigenvalue weighted by Crippen LogP contribution is -2.19. The molecule has 0 spiro atoms. The molecule has 0 saturated carbocycles. The van der Waals surface area contributed by atoms with Gasteiger partial charge in [0.25, 0.3) is 0 Å². The minimum Gasteiger partial charge on any atom is -0.491 e. The van der Waals surface area contributed by atoms with Crippen LogP contribution in [0, 0.1) is 0 Å². The topological polar surface area (TPSA) is 85.2 Å². The van der Waals surface area contributed by atoms with Gasteiger partial charge in [0.1, 0.15) is 12.4 Å². The van der Waals surface area contributed by atoms with Gasteiger partial charge in [-0.2, -0.15) is 0 Å².